The fourth-order valence-electron chi connectivity index (χ4n) is 2.15. The van der Waals surface area contributed by atoms with Crippen molar-refractivity contribution < 1.29 is 9.18 Å². The number of amides is 1. The predicted octanol–water partition coefficient (Wildman–Crippen LogP) is 2.36. The van der Waals surface area contributed by atoms with E-state index in [9.17, 15) is 9.18 Å². The predicted molar refractivity (Wildman–Crippen MR) is 74.0 cm³/mol. The number of hydrogen-bond donors (Lipinski definition) is 0. The third-order valence-corrected chi connectivity index (χ3v) is 3.87. The van der Waals surface area contributed by atoms with Crippen LogP contribution in [0.1, 0.15) is 5.56 Å². The van der Waals surface area contributed by atoms with Crippen molar-refractivity contribution in [1.29, 1.82) is 0 Å². The van der Waals surface area contributed by atoms with Gasteiger partial charge in [0.2, 0.25) is 5.91 Å². The van der Waals surface area contributed by atoms with Crippen LogP contribution in [0.15, 0.2) is 18.2 Å². The monoisotopic (exact) mass is 304 g/mol. The molecule has 0 spiro atoms. The molecule has 3 nitrogen and oxygen atoms in total. The molecule has 1 aliphatic heterocycles. The summed E-state index contributed by atoms with van der Waals surface area (Å²) in [6.07, 6.45) is 0. The van der Waals surface area contributed by atoms with Gasteiger partial charge in [-0.05, 0) is 12.1 Å². The third kappa shape index (κ3) is 3.59. The van der Waals surface area contributed by atoms with Gasteiger partial charge in [0.05, 0.1) is 0 Å². The molecule has 104 valence electrons. The average molecular weight is 305 g/mol. The molecule has 0 atom stereocenters. The summed E-state index contributed by atoms with van der Waals surface area (Å²) in [6.45, 7) is 3.12. The third-order valence-electron chi connectivity index (χ3n) is 3.28. The minimum atomic E-state index is -0.285. The van der Waals surface area contributed by atoms with E-state index >= 15 is 0 Å². The number of alkyl halides is 1. The largest absolute Gasteiger partial charge is 0.339 e. The lowest BCUT2D eigenvalue weighted by Gasteiger charge is -2.34. The van der Waals surface area contributed by atoms with Gasteiger partial charge in [0.1, 0.15) is 11.7 Å². The van der Waals surface area contributed by atoms with Gasteiger partial charge in [0.15, 0.2) is 0 Å². The zero-order valence-corrected chi connectivity index (χ0v) is 11.9. The van der Waals surface area contributed by atoms with E-state index in [0.717, 1.165) is 0 Å². The van der Waals surface area contributed by atoms with E-state index in [1.165, 1.54) is 6.07 Å². The summed E-state index contributed by atoms with van der Waals surface area (Å²) in [5.41, 5.74) is 0.515. The Bertz CT molecular complexity index is 442. The topological polar surface area (TPSA) is 23.6 Å². The highest BCUT2D eigenvalue weighted by atomic mass is 35.5. The SMILES string of the molecule is O=C(CCl)N1CCN(Cc2c(F)cccc2Cl)CC1. The van der Waals surface area contributed by atoms with Gasteiger partial charge in [0.25, 0.3) is 0 Å². The molecule has 1 aliphatic rings. The number of rotatable bonds is 3. The quantitative estimate of drug-likeness (QED) is 0.801. The normalized spacial score (nSPS) is 16.7. The first-order valence-electron chi connectivity index (χ1n) is 6.11. The lowest BCUT2D eigenvalue weighted by atomic mass is 10.2. The second kappa shape index (κ2) is 6.55. The Morgan fingerprint density at radius 2 is 1.95 bits per heavy atom. The number of hydrogen-bond acceptors (Lipinski definition) is 2. The molecular formula is C13H15Cl2FN2O. The van der Waals surface area contributed by atoms with E-state index in [1.54, 1.807) is 17.0 Å². The van der Waals surface area contributed by atoms with E-state index < -0.39 is 0 Å². The van der Waals surface area contributed by atoms with E-state index in [4.69, 9.17) is 23.2 Å². The molecule has 0 radical (unpaired) electrons. The van der Waals surface area contributed by atoms with E-state index in [1.807, 2.05) is 0 Å². The summed E-state index contributed by atoms with van der Waals surface area (Å²) < 4.78 is 13.7. The van der Waals surface area contributed by atoms with Gasteiger partial charge in [-0.1, -0.05) is 17.7 Å². The van der Waals surface area contributed by atoms with Crippen LogP contribution in [0.25, 0.3) is 0 Å². The van der Waals surface area contributed by atoms with Gasteiger partial charge in [-0.25, -0.2) is 4.39 Å². The molecule has 1 heterocycles. The van der Waals surface area contributed by atoms with Gasteiger partial charge in [-0.3, -0.25) is 9.69 Å². The number of nitrogens with zero attached hydrogens (tertiary/aromatic N) is 2. The van der Waals surface area contributed by atoms with Gasteiger partial charge in [-0.15, -0.1) is 11.6 Å². The summed E-state index contributed by atoms with van der Waals surface area (Å²) in [5, 5.41) is 0.444. The molecule has 1 aromatic carbocycles. The number of carbonyl (C=O) groups is 1. The standard InChI is InChI=1S/C13H15Cl2FN2O/c14-8-13(19)18-6-4-17(5-7-18)9-10-11(15)2-1-3-12(10)16/h1-3H,4-9H2. The lowest BCUT2D eigenvalue weighted by molar-refractivity contribution is -0.130. The molecule has 6 heteroatoms. The highest BCUT2D eigenvalue weighted by Crippen LogP contribution is 2.21. The Kier molecular flexibility index (Phi) is 5.02. The van der Waals surface area contributed by atoms with Crippen LogP contribution in [-0.4, -0.2) is 47.8 Å². The van der Waals surface area contributed by atoms with Crippen LogP contribution >= 0.6 is 23.2 Å². The first kappa shape index (κ1) is 14.6. The van der Waals surface area contributed by atoms with Crippen LogP contribution in [0.2, 0.25) is 5.02 Å². The van der Waals surface area contributed by atoms with Crippen molar-refractivity contribution >= 4 is 29.1 Å². The first-order valence-corrected chi connectivity index (χ1v) is 7.02. The molecule has 0 saturated carbocycles. The maximum Gasteiger partial charge on any atom is 0.237 e. The van der Waals surface area contributed by atoms with Gasteiger partial charge in [0, 0.05) is 43.3 Å². The van der Waals surface area contributed by atoms with E-state index in [-0.39, 0.29) is 17.6 Å². The Balaban J connectivity index is 1.94. The fraction of sp³-hybridized carbons (Fsp3) is 0.462. The Hall–Kier alpha value is -0.840. The highest BCUT2D eigenvalue weighted by Gasteiger charge is 2.21. The van der Waals surface area contributed by atoms with Crippen molar-refractivity contribution in [3.63, 3.8) is 0 Å². The molecule has 1 fully saturated rings. The minimum Gasteiger partial charge on any atom is -0.339 e. The molecule has 19 heavy (non-hydrogen) atoms. The van der Waals surface area contributed by atoms with Crippen LogP contribution < -0.4 is 0 Å². The summed E-state index contributed by atoms with van der Waals surface area (Å²) in [5.74, 6) is -0.323. The fourth-order valence-corrected chi connectivity index (χ4v) is 2.54. The van der Waals surface area contributed by atoms with Crippen molar-refractivity contribution in [3.8, 4) is 0 Å². The van der Waals surface area contributed by atoms with Crippen LogP contribution in [0.5, 0.6) is 0 Å². The molecular weight excluding hydrogens is 290 g/mol. The van der Waals surface area contributed by atoms with E-state index in [2.05, 4.69) is 4.90 Å². The summed E-state index contributed by atoms with van der Waals surface area (Å²) >= 11 is 11.5. The Labute approximate surface area is 121 Å². The molecule has 0 aromatic heterocycles. The molecule has 0 bridgehead atoms. The van der Waals surface area contributed by atoms with Crippen LogP contribution in [0.3, 0.4) is 0 Å². The second-order valence-electron chi connectivity index (χ2n) is 4.49. The van der Waals surface area contributed by atoms with Crippen molar-refractivity contribution in [2.75, 3.05) is 32.1 Å². The average Bonchev–Trinajstić information content (AvgIpc) is 2.43. The van der Waals surface area contributed by atoms with Gasteiger partial charge >= 0.3 is 0 Å². The minimum absolute atomic E-state index is 0.0130. The molecule has 2 rings (SSSR count). The lowest BCUT2D eigenvalue weighted by Crippen LogP contribution is -2.48. The van der Waals surface area contributed by atoms with Crippen molar-refractivity contribution in [2.45, 2.75) is 6.54 Å². The maximum atomic E-state index is 13.7. The molecule has 0 unspecified atom stereocenters. The summed E-state index contributed by atoms with van der Waals surface area (Å²) in [7, 11) is 0. The molecule has 0 N–H and O–H groups in total. The number of halogens is 3. The Morgan fingerprint density at radius 3 is 2.53 bits per heavy atom. The zero-order chi connectivity index (χ0) is 13.8. The zero-order valence-electron chi connectivity index (χ0n) is 10.4. The van der Waals surface area contributed by atoms with Crippen molar-refractivity contribution in [2.24, 2.45) is 0 Å². The van der Waals surface area contributed by atoms with Gasteiger partial charge < -0.3 is 4.90 Å². The van der Waals surface area contributed by atoms with Crippen LogP contribution in [0.4, 0.5) is 4.39 Å². The molecule has 0 aliphatic carbocycles. The molecule has 1 amide bonds. The number of benzene rings is 1. The molecule has 1 saturated heterocycles. The molecule has 1 aromatic rings. The van der Waals surface area contributed by atoms with Crippen molar-refractivity contribution in [3.05, 3.63) is 34.6 Å². The van der Waals surface area contributed by atoms with Crippen molar-refractivity contribution in [1.82, 2.24) is 9.80 Å². The smallest absolute Gasteiger partial charge is 0.237 e. The number of piperazine rings is 1. The highest BCUT2D eigenvalue weighted by molar-refractivity contribution is 6.31. The summed E-state index contributed by atoms with van der Waals surface area (Å²) in [4.78, 5) is 15.2. The van der Waals surface area contributed by atoms with Crippen LogP contribution in [-0.2, 0) is 11.3 Å². The van der Waals surface area contributed by atoms with Gasteiger partial charge in [-0.2, -0.15) is 0 Å². The van der Waals surface area contributed by atoms with E-state index in [0.29, 0.717) is 43.3 Å². The Morgan fingerprint density at radius 1 is 1.26 bits per heavy atom. The summed E-state index contributed by atoms with van der Waals surface area (Å²) in [6, 6.07) is 4.69. The maximum absolute atomic E-state index is 13.7. The first-order chi connectivity index (χ1) is 9.11. The van der Waals surface area contributed by atoms with Crippen LogP contribution in [0, 0.1) is 5.82 Å². The second-order valence-corrected chi connectivity index (χ2v) is 5.17. The number of carbonyl (C=O) groups excluding carboxylic acids is 1.